The van der Waals surface area contributed by atoms with E-state index in [2.05, 4.69) is 5.32 Å². The average Bonchev–Trinajstić information content (AvgIpc) is 2.16. The fourth-order valence-corrected chi connectivity index (χ4v) is 1.47. The zero-order chi connectivity index (χ0) is 10.4. The summed E-state index contributed by atoms with van der Waals surface area (Å²) in [6.45, 7) is 1.22. The number of nitrogens with one attached hydrogen (secondary N) is 1. The van der Waals surface area contributed by atoms with Crippen molar-refractivity contribution in [2.24, 2.45) is 0 Å². The SMILES string of the molecule is Fc1cccc(Cl)c1CNCCCCl. The number of hydrogen-bond acceptors (Lipinski definition) is 1. The monoisotopic (exact) mass is 235 g/mol. The maximum Gasteiger partial charge on any atom is 0.129 e. The van der Waals surface area contributed by atoms with Crippen LogP contribution in [0.3, 0.4) is 0 Å². The Kier molecular flexibility index (Phi) is 5.23. The fourth-order valence-electron chi connectivity index (χ4n) is 1.11. The van der Waals surface area contributed by atoms with Crippen molar-refractivity contribution >= 4 is 23.2 Å². The Bertz CT molecular complexity index is 271. The molecule has 0 aliphatic carbocycles. The standard InChI is InChI=1S/C10H12Cl2FN/c11-5-2-6-14-7-8-9(12)3-1-4-10(8)13/h1,3-4,14H,2,5-7H2. The minimum absolute atomic E-state index is 0.268. The second-order valence-electron chi connectivity index (χ2n) is 2.92. The van der Waals surface area contributed by atoms with E-state index >= 15 is 0 Å². The summed E-state index contributed by atoms with van der Waals surface area (Å²) in [5.74, 6) is 0.341. The lowest BCUT2D eigenvalue weighted by atomic mass is 10.2. The van der Waals surface area contributed by atoms with E-state index in [1.807, 2.05) is 0 Å². The zero-order valence-electron chi connectivity index (χ0n) is 7.69. The van der Waals surface area contributed by atoms with Crippen LogP contribution in [-0.4, -0.2) is 12.4 Å². The van der Waals surface area contributed by atoms with Crippen molar-refractivity contribution in [3.05, 3.63) is 34.6 Å². The summed E-state index contributed by atoms with van der Waals surface area (Å²) in [7, 11) is 0. The average molecular weight is 236 g/mol. The minimum atomic E-state index is -0.268. The van der Waals surface area contributed by atoms with Crippen LogP contribution in [-0.2, 0) is 6.54 Å². The number of rotatable bonds is 5. The molecule has 1 rings (SSSR count). The Morgan fingerprint density at radius 2 is 2.14 bits per heavy atom. The first-order valence-corrected chi connectivity index (χ1v) is 5.36. The van der Waals surface area contributed by atoms with E-state index in [-0.39, 0.29) is 5.82 Å². The first-order valence-electron chi connectivity index (χ1n) is 4.45. The molecule has 4 heteroatoms. The first-order chi connectivity index (χ1) is 6.75. The van der Waals surface area contributed by atoms with Gasteiger partial charge in [0.25, 0.3) is 0 Å². The number of halogens is 3. The van der Waals surface area contributed by atoms with Crippen LogP contribution < -0.4 is 5.32 Å². The van der Waals surface area contributed by atoms with Crippen LogP contribution in [0.25, 0.3) is 0 Å². The Morgan fingerprint density at radius 3 is 2.79 bits per heavy atom. The van der Waals surface area contributed by atoms with Crippen molar-refractivity contribution in [1.82, 2.24) is 5.32 Å². The minimum Gasteiger partial charge on any atom is -0.312 e. The summed E-state index contributed by atoms with van der Waals surface area (Å²) < 4.78 is 13.2. The van der Waals surface area contributed by atoms with Crippen LogP contribution in [0.15, 0.2) is 18.2 Å². The molecule has 1 nitrogen and oxygen atoms in total. The molecule has 0 saturated carbocycles. The van der Waals surface area contributed by atoms with Gasteiger partial charge in [0.2, 0.25) is 0 Å². The van der Waals surface area contributed by atoms with Crippen LogP contribution in [0.2, 0.25) is 5.02 Å². The van der Waals surface area contributed by atoms with Crippen LogP contribution >= 0.6 is 23.2 Å². The van der Waals surface area contributed by atoms with Gasteiger partial charge in [-0.2, -0.15) is 0 Å². The van der Waals surface area contributed by atoms with Gasteiger partial charge in [0, 0.05) is 23.0 Å². The predicted octanol–water partition coefficient (Wildman–Crippen LogP) is 3.20. The molecule has 0 aliphatic rings. The van der Waals surface area contributed by atoms with Crippen molar-refractivity contribution in [3.63, 3.8) is 0 Å². The molecule has 0 radical (unpaired) electrons. The van der Waals surface area contributed by atoms with E-state index in [9.17, 15) is 4.39 Å². The number of alkyl halides is 1. The zero-order valence-corrected chi connectivity index (χ0v) is 9.21. The van der Waals surface area contributed by atoms with Crippen LogP contribution in [0.5, 0.6) is 0 Å². The number of hydrogen-bond donors (Lipinski definition) is 1. The molecular weight excluding hydrogens is 224 g/mol. The molecule has 0 fully saturated rings. The lowest BCUT2D eigenvalue weighted by Gasteiger charge is -2.06. The highest BCUT2D eigenvalue weighted by Crippen LogP contribution is 2.18. The molecule has 0 bridgehead atoms. The van der Waals surface area contributed by atoms with E-state index in [4.69, 9.17) is 23.2 Å². The maximum absolute atomic E-state index is 13.2. The van der Waals surface area contributed by atoms with Crippen molar-refractivity contribution in [2.75, 3.05) is 12.4 Å². The largest absolute Gasteiger partial charge is 0.312 e. The molecule has 78 valence electrons. The summed E-state index contributed by atoms with van der Waals surface area (Å²) in [6.07, 6.45) is 0.869. The molecule has 0 spiro atoms. The summed E-state index contributed by atoms with van der Waals surface area (Å²) in [6, 6.07) is 4.69. The van der Waals surface area contributed by atoms with Gasteiger partial charge in [0.05, 0.1) is 0 Å². The van der Waals surface area contributed by atoms with Gasteiger partial charge in [0.15, 0.2) is 0 Å². The topological polar surface area (TPSA) is 12.0 Å². The van der Waals surface area contributed by atoms with E-state index in [1.54, 1.807) is 12.1 Å². The number of benzene rings is 1. The van der Waals surface area contributed by atoms with Crippen molar-refractivity contribution in [1.29, 1.82) is 0 Å². The van der Waals surface area contributed by atoms with Gasteiger partial charge >= 0.3 is 0 Å². The molecule has 0 atom stereocenters. The molecule has 0 unspecified atom stereocenters. The highest BCUT2D eigenvalue weighted by atomic mass is 35.5. The summed E-state index contributed by atoms with van der Waals surface area (Å²) >= 11 is 11.3. The van der Waals surface area contributed by atoms with Crippen LogP contribution in [0.4, 0.5) is 4.39 Å². The molecule has 0 heterocycles. The first kappa shape index (κ1) is 11.8. The van der Waals surface area contributed by atoms with Gasteiger partial charge in [-0.3, -0.25) is 0 Å². The van der Waals surface area contributed by atoms with Gasteiger partial charge in [-0.25, -0.2) is 4.39 Å². The van der Waals surface area contributed by atoms with Gasteiger partial charge < -0.3 is 5.32 Å². The van der Waals surface area contributed by atoms with Crippen molar-refractivity contribution < 1.29 is 4.39 Å². The van der Waals surface area contributed by atoms with Crippen molar-refractivity contribution in [3.8, 4) is 0 Å². The Morgan fingerprint density at radius 1 is 1.36 bits per heavy atom. The molecular formula is C10H12Cl2FN. The fraction of sp³-hybridized carbons (Fsp3) is 0.400. The quantitative estimate of drug-likeness (QED) is 0.611. The summed E-state index contributed by atoms with van der Waals surface area (Å²) in [5, 5.41) is 3.54. The molecule has 1 aromatic rings. The second kappa shape index (κ2) is 6.23. The normalized spacial score (nSPS) is 10.5. The van der Waals surface area contributed by atoms with Crippen LogP contribution in [0, 0.1) is 5.82 Å². The van der Waals surface area contributed by atoms with E-state index in [0.29, 0.717) is 23.0 Å². The van der Waals surface area contributed by atoms with Crippen LogP contribution in [0.1, 0.15) is 12.0 Å². The third kappa shape index (κ3) is 3.45. The Hall–Kier alpha value is -0.310. The summed E-state index contributed by atoms with van der Waals surface area (Å²) in [5.41, 5.74) is 0.517. The second-order valence-corrected chi connectivity index (χ2v) is 3.70. The Balaban J connectivity index is 2.49. The van der Waals surface area contributed by atoms with Gasteiger partial charge in [0.1, 0.15) is 5.82 Å². The lowest BCUT2D eigenvalue weighted by molar-refractivity contribution is 0.587. The third-order valence-corrected chi connectivity index (χ3v) is 2.47. The molecule has 0 saturated heterocycles. The highest BCUT2D eigenvalue weighted by molar-refractivity contribution is 6.31. The predicted molar refractivity (Wildman–Crippen MR) is 58.5 cm³/mol. The van der Waals surface area contributed by atoms with E-state index in [1.165, 1.54) is 6.07 Å². The van der Waals surface area contributed by atoms with Crippen molar-refractivity contribution in [2.45, 2.75) is 13.0 Å². The summed E-state index contributed by atoms with van der Waals surface area (Å²) in [4.78, 5) is 0. The van der Waals surface area contributed by atoms with E-state index in [0.717, 1.165) is 13.0 Å². The molecule has 0 aliphatic heterocycles. The van der Waals surface area contributed by atoms with Gasteiger partial charge in [-0.1, -0.05) is 17.7 Å². The molecule has 1 N–H and O–H groups in total. The smallest absolute Gasteiger partial charge is 0.129 e. The molecule has 14 heavy (non-hydrogen) atoms. The maximum atomic E-state index is 13.2. The van der Waals surface area contributed by atoms with Gasteiger partial charge in [-0.05, 0) is 25.1 Å². The lowest BCUT2D eigenvalue weighted by Crippen LogP contribution is -2.16. The van der Waals surface area contributed by atoms with E-state index < -0.39 is 0 Å². The molecule has 1 aromatic carbocycles. The Labute approximate surface area is 93.2 Å². The highest BCUT2D eigenvalue weighted by Gasteiger charge is 2.05. The molecule has 0 aromatic heterocycles. The van der Waals surface area contributed by atoms with Gasteiger partial charge in [-0.15, -0.1) is 11.6 Å². The molecule has 0 amide bonds. The third-order valence-electron chi connectivity index (χ3n) is 1.85.